The lowest BCUT2D eigenvalue weighted by Gasteiger charge is -2.21. The summed E-state index contributed by atoms with van der Waals surface area (Å²) in [7, 11) is -3.32. The summed E-state index contributed by atoms with van der Waals surface area (Å²) < 4.78 is 24.8. The molecule has 0 radical (unpaired) electrons. The summed E-state index contributed by atoms with van der Waals surface area (Å²) in [5, 5.41) is 3.29. The van der Waals surface area contributed by atoms with Crippen LogP contribution >= 0.6 is 0 Å². The predicted molar refractivity (Wildman–Crippen MR) is 145 cm³/mol. The van der Waals surface area contributed by atoms with Crippen molar-refractivity contribution in [1.29, 1.82) is 0 Å². The van der Waals surface area contributed by atoms with Gasteiger partial charge in [0.15, 0.2) is 9.84 Å². The van der Waals surface area contributed by atoms with Gasteiger partial charge in [0, 0.05) is 42.5 Å². The molecule has 7 nitrogen and oxygen atoms in total. The standard InChI is InChI=1S/C28H32N4O3S/c1-5-32(6-2)24-11-7-20(8-12-24)17-30-28(33)26-16-22-15-23(18-29-27(22)31-26)21-9-13-25(14-10-21)36(34,35)19(3)4/h7-16,18-19H,5-6,17H2,1-4H3,(H,29,31)(H,30,33). The number of aromatic nitrogens is 2. The number of sulfone groups is 1. The van der Waals surface area contributed by atoms with Gasteiger partial charge in [0.05, 0.1) is 10.1 Å². The van der Waals surface area contributed by atoms with E-state index in [4.69, 9.17) is 0 Å². The van der Waals surface area contributed by atoms with E-state index in [9.17, 15) is 13.2 Å². The SMILES string of the molecule is CCN(CC)c1ccc(CNC(=O)c2cc3cc(-c4ccc(S(=O)(=O)C(C)C)cc4)cnc3[nH]2)cc1. The molecule has 2 aromatic heterocycles. The molecule has 0 saturated heterocycles. The Balaban J connectivity index is 1.46. The maximum atomic E-state index is 12.8. The molecule has 0 unspecified atom stereocenters. The van der Waals surface area contributed by atoms with Crippen LogP contribution < -0.4 is 10.2 Å². The smallest absolute Gasteiger partial charge is 0.268 e. The van der Waals surface area contributed by atoms with Crippen molar-refractivity contribution in [3.8, 4) is 11.1 Å². The molecule has 0 aliphatic heterocycles. The molecule has 1 amide bonds. The molecule has 188 valence electrons. The van der Waals surface area contributed by atoms with E-state index >= 15 is 0 Å². The first-order valence-electron chi connectivity index (χ1n) is 12.2. The summed E-state index contributed by atoms with van der Waals surface area (Å²) in [4.78, 5) is 22.9. The van der Waals surface area contributed by atoms with Gasteiger partial charge < -0.3 is 15.2 Å². The Labute approximate surface area is 212 Å². The third kappa shape index (κ3) is 5.28. The molecule has 0 aliphatic carbocycles. The quantitative estimate of drug-likeness (QED) is 0.327. The van der Waals surface area contributed by atoms with E-state index in [0.717, 1.165) is 35.2 Å². The van der Waals surface area contributed by atoms with Crippen LogP contribution in [-0.2, 0) is 16.4 Å². The van der Waals surface area contributed by atoms with Crippen molar-refractivity contribution in [2.24, 2.45) is 0 Å². The van der Waals surface area contributed by atoms with Crippen molar-refractivity contribution in [1.82, 2.24) is 15.3 Å². The monoisotopic (exact) mass is 504 g/mol. The maximum Gasteiger partial charge on any atom is 0.268 e. The Kier molecular flexibility index (Phi) is 7.45. The van der Waals surface area contributed by atoms with Gasteiger partial charge in [-0.05, 0) is 75.2 Å². The number of carbonyl (C=O) groups excluding carboxylic acids is 1. The zero-order valence-corrected chi connectivity index (χ0v) is 21.9. The van der Waals surface area contributed by atoms with Crippen LogP contribution in [0.1, 0.15) is 43.7 Å². The lowest BCUT2D eigenvalue weighted by Crippen LogP contribution is -2.23. The van der Waals surface area contributed by atoms with Crippen molar-refractivity contribution >= 4 is 32.5 Å². The molecular formula is C28H32N4O3S. The maximum absolute atomic E-state index is 12.8. The number of H-pyrrole nitrogens is 1. The second-order valence-electron chi connectivity index (χ2n) is 8.98. The van der Waals surface area contributed by atoms with Gasteiger partial charge in [0.25, 0.3) is 5.91 Å². The molecule has 0 spiro atoms. The van der Waals surface area contributed by atoms with Gasteiger partial charge in [-0.15, -0.1) is 0 Å². The van der Waals surface area contributed by atoms with Crippen LogP contribution in [0.3, 0.4) is 0 Å². The highest BCUT2D eigenvalue weighted by Crippen LogP contribution is 2.26. The first-order chi connectivity index (χ1) is 17.2. The summed E-state index contributed by atoms with van der Waals surface area (Å²) in [6.45, 7) is 9.94. The van der Waals surface area contributed by atoms with E-state index < -0.39 is 15.1 Å². The predicted octanol–water partition coefficient (Wildman–Crippen LogP) is 5.19. The molecule has 2 N–H and O–H groups in total. The fourth-order valence-corrected chi connectivity index (χ4v) is 5.16. The molecule has 36 heavy (non-hydrogen) atoms. The minimum Gasteiger partial charge on any atom is -0.372 e. The number of nitrogens with one attached hydrogen (secondary N) is 2. The first kappa shape index (κ1) is 25.4. The molecule has 0 atom stereocenters. The number of benzene rings is 2. The summed E-state index contributed by atoms with van der Waals surface area (Å²) in [5.41, 5.74) is 4.95. The molecular weight excluding hydrogens is 472 g/mol. The number of carbonyl (C=O) groups is 1. The molecule has 0 aliphatic rings. The van der Waals surface area contributed by atoms with Crippen LogP contribution in [0.15, 0.2) is 71.8 Å². The second kappa shape index (κ2) is 10.5. The summed E-state index contributed by atoms with van der Waals surface area (Å²) in [5.74, 6) is -0.203. The minimum absolute atomic E-state index is 0.203. The van der Waals surface area contributed by atoms with Crippen molar-refractivity contribution in [3.63, 3.8) is 0 Å². The average molecular weight is 505 g/mol. The number of anilines is 1. The van der Waals surface area contributed by atoms with Gasteiger partial charge in [-0.25, -0.2) is 13.4 Å². The third-order valence-electron chi connectivity index (χ3n) is 6.37. The highest BCUT2D eigenvalue weighted by Gasteiger charge is 2.19. The summed E-state index contributed by atoms with van der Waals surface area (Å²) in [6.07, 6.45) is 1.71. The number of aromatic amines is 1. The largest absolute Gasteiger partial charge is 0.372 e. The van der Waals surface area contributed by atoms with E-state index in [1.54, 1.807) is 50.4 Å². The fraction of sp³-hybridized carbons (Fsp3) is 0.286. The number of fused-ring (bicyclic) bond motifs is 1. The molecule has 0 fully saturated rings. The number of nitrogens with zero attached hydrogens (tertiary/aromatic N) is 2. The lowest BCUT2D eigenvalue weighted by atomic mass is 10.1. The number of hydrogen-bond donors (Lipinski definition) is 2. The van der Waals surface area contributed by atoms with E-state index in [2.05, 4.69) is 46.2 Å². The van der Waals surface area contributed by atoms with Crippen LogP contribution in [0.4, 0.5) is 5.69 Å². The van der Waals surface area contributed by atoms with Gasteiger partial charge in [-0.2, -0.15) is 0 Å². The Hall–Kier alpha value is -3.65. The zero-order valence-electron chi connectivity index (χ0n) is 21.1. The van der Waals surface area contributed by atoms with E-state index in [-0.39, 0.29) is 5.91 Å². The molecule has 4 aromatic rings. The van der Waals surface area contributed by atoms with Gasteiger partial charge in [-0.3, -0.25) is 4.79 Å². The van der Waals surface area contributed by atoms with Crippen LogP contribution in [0.25, 0.3) is 22.2 Å². The molecule has 0 bridgehead atoms. The van der Waals surface area contributed by atoms with Crippen molar-refractivity contribution in [2.45, 2.75) is 44.4 Å². The topological polar surface area (TPSA) is 95.2 Å². The number of hydrogen-bond acceptors (Lipinski definition) is 5. The lowest BCUT2D eigenvalue weighted by molar-refractivity contribution is 0.0946. The van der Waals surface area contributed by atoms with Crippen LogP contribution in [0, 0.1) is 0 Å². The van der Waals surface area contributed by atoms with Crippen molar-refractivity contribution in [2.75, 3.05) is 18.0 Å². The van der Waals surface area contributed by atoms with Crippen molar-refractivity contribution < 1.29 is 13.2 Å². The van der Waals surface area contributed by atoms with Crippen LogP contribution in [0.2, 0.25) is 0 Å². The summed E-state index contributed by atoms with van der Waals surface area (Å²) in [6, 6.07) is 18.7. The van der Waals surface area contributed by atoms with E-state index in [1.807, 2.05) is 18.2 Å². The highest BCUT2D eigenvalue weighted by molar-refractivity contribution is 7.92. The third-order valence-corrected chi connectivity index (χ3v) is 8.54. The first-order valence-corrected chi connectivity index (χ1v) is 13.7. The van der Waals surface area contributed by atoms with E-state index in [0.29, 0.717) is 22.8 Å². The molecule has 2 heterocycles. The highest BCUT2D eigenvalue weighted by atomic mass is 32.2. The van der Waals surface area contributed by atoms with E-state index in [1.165, 1.54) is 5.69 Å². The number of amides is 1. The Morgan fingerprint density at radius 1 is 0.972 bits per heavy atom. The van der Waals surface area contributed by atoms with Gasteiger partial charge >= 0.3 is 0 Å². The Bertz CT molecular complexity index is 1450. The molecule has 0 saturated carbocycles. The van der Waals surface area contributed by atoms with Crippen LogP contribution in [0.5, 0.6) is 0 Å². The Morgan fingerprint density at radius 3 is 2.25 bits per heavy atom. The van der Waals surface area contributed by atoms with Gasteiger partial charge in [0.2, 0.25) is 0 Å². The number of pyridine rings is 1. The molecule has 4 rings (SSSR count). The minimum atomic E-state index is -3.32. The second-order valence-corrected chi connectivity index (χ2v) is 11.5. The molecule has 8 heteroatoms. The normalized spacial score (nSPS) is 11.7. The molecule has 2 aromatic carbocycles. The summed E-state index contributed by atoms with van der Waals surface area (Å²) >= 11 is 0. The Morgan fingerprint density at radius 2 is 1.64 bits per heavy atom. The van der Waals surface area contributed by atoms with Crippen molar-refractivity contribution in [3.05, 3.63) is 78.1 Å². The fourth-order valence-electron chi connectivity index (χ4n) is 4.10. The average Bonchev–Trinajstić information content (AvgIpc) is 3.32. The van der Waals surface area contributed by atoms with Gasteiger partial charge in [0.1, 0.15) is 11.3 Å². The zero-order chi connectivity index (χ0) is 25.9. The number of rotatable bonds is 9. The van der Waals surface area contributed by atoms with Gasteiger partial charge in [-0.1, -0.05) is 24.3 Å². The van der Waals surface area contributed by atoms with Crippen LogP contribution in [-0.4, -0.2) is 42.6 Å².